The van der Waals surface area contributed by atoms with Crippen LogP contribution in [0.2, 0.25) is 0 Å². The van der Waals surface area contributed by atoms with Crippen LogP contribution in [0.1, 0.15) is 11.8 Å². The molecule has 1 heterocycles. The van der Waals surface area contributed by atoms with Gasteiger partial charge in [0.15, 0.2) is 0 Å². The molecule has 1 aromatic rings. The molecule has 0 aliphatic rings. The van der Waals surface area contributed by atoms with Crippen molar-refractivity contribution >= 4 is 49.1 Å². The molecule has 2 N–H and O–H groups in total. The first-order valence-corrected chi connectivity index (χ1v) is 9.93. The van der Waals surface area contributed by atoms with Gasteiger partial charge in [0.25, 0.3) is 0 Å². The first-order valence-electron chi connectivity index (χ1n) is 5.85. The number of alkyl halides is 3. The van der Waals surface area contributed by atoms with Gasteiger partial charge in [-0.05, 0) is 40.3 Å². The largest absolute Gasteiger partial charge is 0.441 e. The summed E-state index contributed by atoms with van der Waals surface area (Å²) < 4.78 is 62.5. The standard InChI is InChI=1S/C10H14BrF3N2O2S3/c1-2-15-6-7-5-8(9(11)20-7)21(17,18)16-3-4-19-10(12,13)14/h5,15-16H,2-4,6H2,1H3. The summed E-state index contributed by atoms with van der Waals surface area (Å²) in [6.45, 7) is 2.95. The third-order valence-electron chi connectivity index (χ3n) is 2.21. The number of hydrogen-bond donors (Lipinski definition) is 2. The molecule has 11 heteroatoms. The van der Waals surface area contributed by atoms with E-state index in [9.17, 15) is 21.6 Å². The SMILES string of the molecule is CCNCc1cc(S(=O)(=O)NCCSC(F)(F)F)c(Br)s1. The molecule has 0 unspecified atom stereocenters. The molecule has 0 fully saturated rings. The molecule has 0 aliphatic heterocycles. The summed E-state index contributed by atoms with van der Waals surface area (Å²) >= 11 is 4.19. The number of thiophene rings is 1. The Labute approximate surface area is 138 Å². The van der Waals surface area contributed by atoms with Crippen LogP contribution in [0.25, 0.3) is 0 Å². The normalized spacial score (nSPS) is 12.8. The van der Waals surface area contributed by atoms with Crippen LogP contribution in [0, 0.1) is 0 Å². The lowest BCUT2D eigenvalue weighted by atomic mass is 10.4. The van der Waals surface area contributed by atoms with E-state index in [1.165, 1.54) is 17.4 Å². The molecule has 1 rings (SSSR count). The van der Waals surface area contributed by atoms with Crippen molar-refractivity contribution in [3.63, 3.8) is 0 Å². The smallest absolute Gasteiger partial charge is 0.312 e. The average molecular weight is 427 g/mol. The molecule has 0 bridgehead atoms. The van der Waals surface area contributed by atoms with Gasteiger partial charge in [-0.2, -0.15) is 13.2 Å². The molecule has 122 valence electrons. The monoisotopic (exact) mass is 426 g/mol. The summed E-state index contributed by atoms with van der Waals surface area (Å²) in [6.07, 6.45) is 0. The molecule has 1 aromatic heterocycles. The zero-order chi connectivity index (χ0) is 16.1. The summed E-state index contributed by atoms with van der Waals surface area (Å²) in [5.41, 5.74) is -4.35. The third-order valence-corrected chi connectivity index (χ3v) is 6.65. The summed E-state index contributed by atoms with van der Waals surface area (Å²) in [7, 11) is -3.81. The van der Waals surface area contributed by atoms with Crippen molar-refractivity contribution in [3.8, 4) is 0 Å². The second kappa shape index (κ2) is 8.16. The van der Waals surface area contributed by atoms with E-state index in [0.717, 1.165) is 11.4 Å². The van der Waals surface area contributed by atoms with Crippen molar-refractivity contribution in [2.75, 3.05) is 18.8 Å². The van der Waals surface area contributed by atoms with Gasteiger partial charge in [0, 0.05) is 23.7 Å². The third kappa shape index (κ3) is 6.87. The molecule has 21 heavy (non-hydrogen) atoms. The van der Waals surface area contributed by atoms with Gasteiger partial charge in [-0.15, -0.1) is 11.3 Å². The van der Waals surface area contributed by atoms with Gasteiger partial charge in [-0.1, -0.05) is 6.92 Å². The molecule has 4 nitrogen and oxygen atoms in total. The van der Waals surface area contributed by atoms with Crippen LogP contribution in [-0.2, 0) is 16.6 Å². The topological polar surface area (TPSA) is 58.2 Å². The highest BCUT2D eigenvalue weighted by atomic mass is 79.9. The van der Waals surface area contributed by atoms with Gasteiger partial charge in [-0.3, -0.25) is 0 Å². The lowest BCUT2D eigenvalue weighted by Gasteiger charge is -2.07. The van der Waals surface area contributed by atoms with Crippen molar-refractivity contribution in [1.82, 2.24) is 10.0 Å². The minimum absolute atomic E-state index is 0.0532. The number of thioether (sulfide) groups is 1. The molecule has 0 spiro atoms. The Morgan fingerprint density at radius 2 is 2.10 bits per heavy atom. The summed E-state index contributed by atoms with van der Waals surface area (Å²) in [4.78, 5) is 0.881. The van der Waals surface area contributed by atoms with Crippen LogP contribution < -0.4 is 10.0 Å². The van der Waals surface area contributed by atoms with Crippen LogP contribution >= 0.6 is 39.0 Å². The van der Waals surface area contributed by atoms with Crippen molar-refractivity contribution in [1.29, 1.82) is 0 Å². The predicted octanol–water partition coefficient (Wildman–Crippen LogP) is 3.15. The predicted molar refractivity (Wildman–Crippen MR) is 83.1 cm³/mol. The molecule has 0 aliphatic carbocycles. The second-order valence-corrected chi connectivity index (χ2v) is 9.17. The Hall–Kier alpha value is 0.190. The van der Waals surface area contributed by atoms with Gasteiger partial charge in [0.1, 0.15) is 4.90 Å². The Balaban J connectivity index is 2.63. The maximum atomic E-state index is 12.0. The second-order valence-electron chi connectivity index (χ2n) is 3.82. The zero-order valence-corrected chi connectivity index (χ0v) is 15.0. The van der Waals surface area contributed by atoms with Gasteiger partial charge < -0.3 is 5.32 Å². The number of rotatable bonds is 8. The molecule has 0 atom stereocenters. The zero-order valence-electron chi connectivity index (χ0n) is 11.0. The summed E-state index contributed by atoms with van der Waals surface area (Å²) in [5.74, 6) is -0.366. The molecule has 0 amide bonds. The van der Waals surface area contributed by atoms with E-state index in [1.807, 2.05) is 6.92 Å². The maximum absolute atomic E-state index is 12.0. The van der Waals surface area contributed by atoms with E-state index in [-0.39, 0.29) is 29.0 Å². The minimum atomic E-state index is -4.35. The van der Waals surface area contributed by atoms with Crippen LogP contribution in [-0.4, -0.2) is 32.8 Å². The fourth-order valence-corrected chi connectivity index (χ4v) is 5.58. The number of hydrogen-bond acceptors (Lipinski definition) is 5. The van der Waals surface area contributed by atoms with Crippen LogP contribution in [0.5, 0.6) is 0 Å². The molecular formula is C10H14BrF3N2O2S3. The first kappa shape index (κ1) is 19.2. The lowest BCUT2D eigenvalue weighted by molar-refractivity contribution is -0.0327. The maximum Gasteiger partial charge on any atom is 0.441 e. The van der Waals surface area contributed by atoms with Crippen molar-refractivity contribution in [3.05, 3.63) is 14.7 Å². The van der Waals surface area contributed by atoms with Gasteiger partial charge in [0.05, 0.1) is 3.79 Å². The molecule has 0 saturated carbocycles. The lowest BCUT2D eigenvalue weighted by Crippen LogP contribution is -2.26. The van der Waals surface area contributed by atoms with E-state index < -0.39 is 15.5 Å². The first-order chi connectivity index (χ1) is 9.65. The highest BCUT2D eigenvalue weighted by Crippen LogP contribution is 2.32. The van der Waals surface area contributed by atoms with Gasteiger partial charge >= 0.3 is 5.51 Å². The molecular weight excluding hydrogens is 413 g/mol. The Morgan fingerprint density at radius 1 is 1.43 bits per heavy atom. The molecule has 0 saturated heterocycles. The molecule has 0 radical (unpaired) electrons. The van der Waals surface area contributed by atoms with Crippen LogP contribution in [0.3, 0.4) is 0 Å². The van der Waals surface area contributed by atoms with E-state index in [2.05, 4.69) is 26.0 Å². The van der Waals surface area contributed by atoms with Crippen molar-refractivity contribution in [2.24, 2.45) is 0 Å². The fraction of sp³-hybridized carbons (Fsp3) is 0.600. The highest BCUT2D eigenvalue weighted by Gasteiger charge is 2.28. The Bertz CT molecular complexity index is 560. The fourth-order valence-electron chi connectivity index (χ4n) is 1.34. The number of halogens is 4. The Kier molecular flexibility index (Phi) is 7.47. The van der Waals surface area contributed by atoms with E-state index >= 15 is 0 Å². The molecule has 0 aromatic carbocycles. The van der Waals surface area contributed by atoms with Gasteiger partial charge in [0.2, 0.25) is 10.0 Å². The van der Waals surface area contributed by atoms with Gasteiger partial charge in [-0.25, -0.2) is 13.1 Å². The van der Waals surface area contributed by atoms with E-state index in [1.54, 1.807) is 0 Å². The van der Waals surface area contributed by atoms with Crippen molar-refractivity contribution in [2.45, 2.75) is 23.9 Å². The van der Waals surface area contributed by atoms with Crippen LogP contribution in [0.15, 0.2) is 14.7 Å². The summed E-state index contributed by atoms with van der Waals surface area (Å²) in [5, 5.41) is 3.07. The van der Waals surface area contributed by atoms with E-state index in [0.29, 0.717) is 10.3 Å². The van der Waals surface area contributed by atoms with E-state index in [4.69, 9.17) is 0 Å². The number of nitrogens with one attached hydrogen (secondary N) is 2. The minimum Gasteiger partial charge on any atom is -0.312 e. The quantitative estimate of drug-likeness (QED) is 0.626. The highest BCUT2D eigenvalue weighted by molar-refractivity contribution is 9.11. The Morgan fingerprint density at radius 3 is 2.67 bits per heavy atom. The average Bonchev–Trinajstić information content (AvgIpc) is 2.73. The number of sulfonamides is 1. The van der Waals surface area contributed by atoms with Crippen molar-refractivity contribution < 1.29 is 21.6 Å². The van der Waals surface area contributed by atoms with Crippen LogP contribution in [0.4, 0.5) is 13.2 Å². The summed E-state index contributed by atoms with van der Waals surface area (Å²) in [6, 6.07) is 1.51.